The summed E-state index contributed by atoms with van der Waals surface area (Å²) in [7, 11) is 0. The normalized spacial score (nSPS) is 12.4. The van der Waals surface area contributed by atoms with Crippen LogP contribution < -0.4 is 5.73 Å². The third kappa shape index (κ3) is 2.37. The van der Waals surface area contributed by atoms with E-state index in [0.717, 1.165) is 4.34 Å². The second kappa shape index (κ2) is 3.55. The first-order valence-corrected chi connectivity index (χ1v) is 4.57. The first kappa shape index (κ1) is 8.30. The Bertz CT molecular complexity index is 276. The summed E-state index contributed by atoms with van der Waals surface area (Å²) in [5.74, 6) is 0. The molecule has 6 heteroatoms. The Balaban J connectivity index is 2.59. The fourth-order valence-corrected chi connectivity index (χ4v) is 2.11. The molecule has 0 fully saturated rings. The maximum absolute atomic E-state index is 8.46. The van der Waals surface area contributed by atoms with Gasteiger partial charge in [0.1, 0.15) is 0 Å². The lowest BCUT2D eigenvalue weighted by molar-refractivity contribution is 1.01. The molecule has 0 aromatic carbocycles. The molecule has 1 unspecified atom stereocenters. The Morgan fingerprint density at radius 3 is 2.91 bits per heavy atom. The molecule has 1 aromatic heterocycles. The second-order valence-electron chi connectivity index (χ2n) is 1.80. The number of nitrogen functional groups attached to an aromatic ring is 1. The van der Waals surface area contributed by atoms with E-state index in [1.807, 2.05) is 6.92 Å². The summed E-state index contributed by atoms with van der Waals surface area (Å²) in [6.07, 6.45) is 0. The number of hydrogen-bond donors (Lipinski definition) is 1. The van der Waals surface area contributed by atoms with Gasteiger partial charge < -0.3 is 5.73 Å². The Labute approximate surface area is 72.4 Å². The van der Waals surface area contributed by atoms with Crippen molar-refractivity contribution >= 4 is 28.2 Å². The van der Waals surface area contributed by atoms with Crippen LogP contribution in [0.25, 0.3) is 0 Å². The van der Waals surface area contributed by atoms with Crippen LogP contribution in [-0.2, 0) is 0 Å². The van der Waals surface area contributed by atoms with Crippen LogP contribution in [0.5, 0.6) is 0 Å². The maximum Gasteiger partial charge on any atom is 0.203 e. The average molecular weight is 186 g/mol. The van der Waals surface area contributed by atoms with Crippen LogP contribution in [0.3, 0.4) is 0 Å². The van der Waals surface area contributed by atoms with Gasteiger partial charge in [-0.15, -0.1) is 10.2 Å². The SMILES string of the molecule is CC(C#N)Sc1nnc(N)s1. The molecule has 0 bridgehead atoms. The van der Waals surface area contributed by atoms with E-state index in [2.05, 4.69) is 16.3 Å². The first-order chi connectivity index (χ1) is 5.22. The Hall–Kier alpha value is -0.800. The Morgan fingerprint density at radius 1 is 1.73 bits per heavy atom. The maximum atomic E-state index is 8.46. The van der Waals surface area contributed by atoms with E-state index in [1.54, 1.807) is 0 Å². The van der Waals surface area contributed by atoms with Crippen LogP contribution in [-0.4, -0.2) is 15.4 Å². The third-order valence-corrected chi connectivity index (χ3v) is 2.71. The lowest BCUT2D eigenvalue weighted by Crippen LogP contribution is -1.88. The molecule has 0 amide bonds. The van der Waals surface area contributed by atoms with Gasteiger partial charge in [0.15, 0.2) is 4.34 Å². The molecule has 1 rings (SSSR count). The van der Waals surface area contributed by atoms with Gasteiger partial charge in [-0.3, -0.25) is 0 Å². The quantitative estimate of drug-likeness (QED) is 0.700. The molecule has 0 aliphatic carbocycles. The predicted octanol–water partition coefficient (Wildman–Crippen LogP) is 1.12. The summed E-state index contributed by atoms with van der Waals surface area (Å²) >= 11 is 2.67. The minimum absolute atomic E-state index is 0.0950. The number of nitrogens with two attached hydrogens (primary N) is 1. The number of anilines is 1. The van der Waals surface area contributed by atoms with Gasteiger partial charge in [0.25, 0.3) is 0 Å². The van der Waals surface area contributed by atoms with Crippen molar-refractivity contribution in [3.63, 3.8) is 0 Å². The molecule has 0 saturated heterocycles. The summed E-state index contributed by atoms with van der Waals surface area (Å²) in [6, 6.07) is 2.08. The summed E-state index contributed by atoms with van der Waals surface area (Å²) in [5.41, 5.74) is 5.34. The van der Waals surface area contributed by atoms with Gasteiger partial charge in [-0.25, -0.2) is 0 Å². The molecular formula is C5H6N4S2. The van der Waals surface area contributed by atoms with Gasteiger partial charge in [-0.05, 0) is 6.92 Å². The molecule has 1 aromatic rings. The Morgan fingerprint density at radius 2 is 2.45 bits per heavy atom. The van der Waals surface area contributed by atoms with Gasteiger partial charge >= 0.3 is 0 Å². The van der Waals surface area contributed by atoms with E-state index in [4.69, 9.17) is 11.0 Å². The van der Waals surface area contributed by atoms with Gasteiger partial charge in [-0.2, -0.15) is 5.26 Å². The molecule has 0 aliphatic heterocycles. The summed E-state index contributed by atoms with van der Waals surface area (Å²) in [6.45, 7) is 1.81. The zero-order valence-corrected chi connectivity index (χ0v) is 7.45. The highest BCUT2D eigenvalue weighted by molar-refractivity contribution is 8.01. The third-order valence-electron chi connectivity index (χ3n) is 0.881. The number of nitriles is 1. The zero-order chi connectivity index (χ0) is 8.27. The fourth-order valence-electron chi connectivity index (χ4n) is 0.446. The van der Waals surface area contributed by atoms with Crippen molar-refractivity contribution in [1.29, 1.82) is 5.26 Å². The monoisotopic (exact) mass is 186 g/mol. The smallest absolute Gasteiger partial charge is 0.203 e. The number of aromatic nitrogens is 2. The second-order valence-corrected chi connectivity index (χ2v) is 4.39. The van der Waals surface area contributed by atoms with Crippen molar-refractivity contribution in [3.05, 3.63) is 0 Å². The van der Waals surface area contributed by atoms with Gasteiger partial charge in [-0.1, -0.05) is 23.1 Å². The first-order valence-electron chi connectivity index (χ1n) is 2.87. The van der Waals surface area contributed by atoms with Crippen molar-refractivity contribution in [2.45, 2.75) is 16.5 Å². The molecular weight excluding hydrogens is 180 g/mol. The highest BCUT2D eigenvalue weighted by Crippen LogP contribution is 2.26. The minimum atomic E-state index is -0.0950. The Kier molecular flexibility index (Phi) is 2.68. The van der Waals surface area contributed by atoms with E-state index in [-0.39, 0.29) is 5.25 Å². The number of thioether (sulfide) groups is 1. The van der Waals surface area contributed by atoms with Crippen LogP contribution in [0.1, 0.15) is 6.92 Å². The number of hydrogen-bond acceptors (Lipinski definition) is 6. The van der Waals surface area contributed by atoms with E-state index >= 15 is 0 Å². The molecule has 0 saturated carbocycles. The van der Waals surface area contributed by atoms with Crippen LogP contribution in [0.2, 0.25) is 0 Å². The molecule has 1 atom stereocenters. The molecule has 11 heavy (non-hydrogen) atoms. The highest BCUT2D eigenvalue weighted by atomic mass is 32.2. The van der Waals surface area contributed by atoms with Crippen LogP contribution in [0.4, 0.5) is 5.13 Å². The molecule has 0 aliphatic rings. The van der Waals surface area contributed by atoms with Gasteiger partial charge in [0.2, 0.25) is 5.13 Å². The van der Waals surface area contributed by atoms with E-state index in [0.29, 0.717) is 5.13 Å². The summed E-state index contributed by atoms with van der Waals surface area (Å²) in [4.78, 5) is 0. The molecule has 0 radical (unpaired) electrons. The minimum Gasteiger partial charge on any atom is -0.374 e. The fraction of sp³-hybridized carbons (Fsp3) is 0.400. The molecule has 2 N–H and O–H groups in total. The molecule has 1 heterocycles. The topological polar surface area (TPSA) is 75.6 Å². The molecule has 4 nitrogen and oxygen atoms in total. The standard InChI is InChI=1S/C5H6N4S2/c1-3(2-6)10-5-9-8-4(7)11-5/h3H,1H3,(H2,7,8). The summed E-state index contributed by atoms with van der Waals surface area (Å²) in [5, 5.41) is 16.2. The van der Waals surface area contributed by atoms with Crippen molar-refractivity contribution in [2.75, 3.05) is 5.73 Å². The lowest BCUT2D eigenvalue weighted by Gasteiger charge is -1.93. The lowest BCUT2D eigenvalue weighted by atomic mass is 10.5. The van der Waals surface area contributed by atoms with Gasteiger partial charge in [0, 0.05) is 0 Å². The van der Waals surface area contributed by atoms with Crippen molar-refractivity contribution < 1.29 is 0 Å². The number of nitrogens with zero attached hydrogens (tertiary/aromatic N) is 3. The average Bonchev–Trinajstić information content (AvgIpc) is 2.35. The predicted molar refractivity (Wildman–Crippen MR) is 45.3 cm³/mol. The van der Waals surface area contributed by atoms with E-state index < -0.39 is 0 Å². The molecule has 0 spiro atoms. The zero-order valence-electron chi connectivity index (χ0n) is 5.81. The van der Waals surface area contributed by atoms with Crippen LogP contribution in [0.15, 0.2) is 4.34 Å². The van der Waals surface area contributed by atoms with E-state index in [1.165, 1.54) is 23.1 Å². The van der Waals surface area contributed by atoms with Crippen molar-refractivity contribution in [3.8, 4) is 6.07 Å². The van der Waals surface area contributed by atoms with E-state index in [9.17, 15) is 0 Å². The highest BCUT2D eigenvalue weighted by Gasteiger charge is 2.06. The van der Waals surface area contributed by atoms with Crippen molar-refractivity contribution in [1.82, 2.24) is 10.2 Å². The largest absolute Gasteiger partial charge is 0.374 e. The van der Waals surface area contributed by atoms with Crippen LogP contribution >= 0.6 is 23.1 Å². The van der Waals surface area contributed by atoms with Gasteiger partial charge in [0.05, 0.1) is 11.3 Å². The number of rotatable bonds is 2. The summed E-state index contributed by atoms with van der Waals surface area (Å²) < 4.78 is 0.747. The van der Waals surface area contributed by atoms with Crippen LogP contribution in [0, 0.1) is 11.3 Å². The molecule has 58 valence electrons. The van der Waals surface area contributed by atoms with Crippen molar-refractivity contribution in [2.24, 2.45) is 0 Å².